The van der Waals surface area contributed by atoms with E-state index < -0.39 is 40.8 Å². The number of unbranched alkanes of at least 4 members (excludes halogenated alkanes) is 2. The van der Waals surface area contributed by atoms with Gasteiger partial charge in [-0.2, -0.15) is 0 Å². The van der Waals surface area contributed by atoms with Gasteiger partial charge in [0.05, 0.1) is 79.2 Å². The van der Waals surface area contributed by atoms with Crippen LogP contribution in [0.3, 0.4) is 0 Å². The van der Waals surface area contributed by atoms with E-state index >= 15 is 0 Å². The van der Waals surface area contributed by atoms with Gasteiger partial charge in [0.1, 0.15) is 17.8 Å². The molecule has 22 heteroatoms. The number of aliphatic hydroxyl groups excluding tert-OH is 2. The first kappa shape index (κ1) is 50.7. The maximum Gasteiger partial charge on any atom is 0.411 e. The average Bonchev–Trinajstić information content (AvgIpc) is 3.88. The van der Waals surface area contributed by atoms with Crippen LogP contribution in [0.2, 0.25) is 6.82 Å². The fraction of sp³-hybridized carbons (Fsp3) is 0.467. The molecular weight excluding hydrogens is 907 g/mol. The number of anilines is 2. The van der Waals surface area contributed by atoms with Crippen LogP contribution in [-0.4, -0.2) is 137 Å². The normalized spacial score (nSPS) is 17.4. The third-order valence-corrected chi connectivity index (χ3v) is 14.8. The molecule has 2 saturated heterocycles. The van der Waals surface area contributed by atoms with Crippen molar-refractivity contribution in [3.05, 3.63) is 88.1 Å². The highest BCUT2D eigenvalue weighted by molar-refractivity contribution is 8.77. The summed E-state index contributed by atoms with van der Waals surface area (Å²) in [6, 6.07) is 8.25. The Balaban J connectivity index is 1.08. The van der Waals surface area contributed by atoms with Gasteiger partial charge in [0, 0.05) is 37.0 Å². The number of rotatable bonds is 23. The largest absolute Gasteiger partial charge is 0.493 e. The van der Waals surface area contributed by atoms with Gasteiger partial charge < -0.3 is 53.9 Å². The first-order chi connectivity index (χ1) is 32.2. The van der Waals surface area contributed by atoms with Crippen LogP contribution in [0.5, 0.6) is 23.0 Å². The minimum Gasteiger partial charge on any atom is -0.493 e. The molecule has 2 aliphatic heterocycles. The molecule has 1 saturated carbocycles. The van der Waals surface area contributed by atoms with Gasteiger partial charge in [0.25, 0.3) is 17.5 Å². The number of amides is 3. The summed E-state index contributed by atoms with van der Waals surface area (Å²) >= 11 is 0. The number of nitrogens with one attached hydrogen (secondary N) is 2. The molecule has 0 unspecified atom stereocenters. The number of pyridine rings is 1. The van der Waals surface area contributed by atoms with Gasteiger partial charge in [-0.15, -0.1) is 0 Å². The molecule has 3 aromatic rings. The molecule has 1 aliphatic carbocycles. The topological polar surface area (TPSA) is 245 Å². The zero-order valence-electron chi connectivity index (χ0n) is 37.8. The van der Waals surface area contributed by atoms with Crippen LogP contribution in [0.25, 0.3) is 0 Å². The zero-order valence-corrected chi connectivity index (χ0v) is 39.5. The van der Waals surface area contributed by atoms with Crippen molar-refractivity contribution < 1.29 is 58.2 Å². The maximum atomic E-state index is 14.1. The lowest BCUT2D eigenvalue weighted by atomic mass is 9.85. The van der Waals surface area contributed by atoms with E-state index in [-0.39, 0.29) is 79.5 Å². The minimum atomic E-state index is -0.981. The number of likely N-dealkylation sites (tertiary alicyclic amines) is 2. The number of carbonyl (C=O) groups excluding carboxylic acids is 3. The quantitative estimate of drug-likeness (QED) is 0.0168. The molecule has 3 fully saturated rings. The van der Waals surface area contributed by atoms with E-state index in [1.54, 1.807) is 23.1 Å². The minimum absolute atomic E-state index is 0.0630. The van der Waals surface area contributed by atoms with Crippen LogP contribution in [-0.2, 0) is 4.74 Å². The number of hydrogen-bond acceptors (Lipinski definition) is 17. The Morgan fingerprint density at radius 1 is 0.881 bits per heavy atom. The summed E-state index contributed by atoms with van der Waals surface area (Å²) in [6.07, 6.45) is 5.71. The van der Waals surface area contributed by atoms with E-state index in [0.717, 1.165) is 30.4 Å². The lowest BCUT2D eigenvalue weighted by molar-refractivity contribution is -0.385. The van der Waals surface area contributed by atoms with E-state index in [0.29, 0.717) is 60.9 Å². The third kappa shape index (κ3) is 12.9. The summed E-state index contributed by atoms with van der Waals surface area (Å²) in [5.74, 6) is 0.420. The lowest BCUT2D eigenvalue weighted by Crippen LogP contribution is -2.39. The lowest BCUT2D eigenvalue weighted by Gasteiger charge is -2.39. The van der Waals surface area contributed by atoms with E-state index in [4.69, 9.17) is 23.7 Å². The fourth-order valence-electron chi connectivity index (χ4n) is 7.91. The first-order valence-corrected chi connectivity index (χ1v) is 24.0. The predicted octanol–water partition coefficient (Wildman–Crippen LogP) is 6.60. The number of nitro groups is 1. The van der Waals surface area contributed by atoms with Crippen molar-refractivity contribution in [1.82, 2.24) is 14.8 Å². The summed E-state index contributed by atoms with van der Waals surface area (Å²) in [7, 11) is 4.77. The third-order valence-electron chi connectivity index (χ3n) is 11.6. The van der Waals surface area contributed by atoms with E-state index in [1.165, 1.54) is 71.9 Å². The van der Waals surface area contributed by atoms with Gasteiger partial charge in [0.2, 0.25) is 0 Å². The highest BCUT2D eigenvalue weighted by atomic mass is 33.1. The summed E-state index contributed by atoms with van der Waals surface area (Å²) in [4.78, 5) is 59.0. The molecule has 3 heterocycles. The maximum absolute atomic E-state index is 14.1. The number of ether oxygens (including phenoxy) is 5. The second kappa shape index (κ2) is 23.4. The molecule has 3 aliphatic rings. The van der Waals surface area contributed by atoms with Crippen LogP contribution in [0, 0.1) is 10.1 Å². The van der Waals surface area contributed by atoms with Gasteiger partial charge in [-0.3, -0.25) is 25.0 Å². The van der Waals surface area contributed by atoms with Crippen molar-refractivity contribution in [3.63, 3.8) is 0 Å². The number of aromatic nitrogens is 1. The molecule has 2 aromatic carbocycles. The van der Waals surface area contributed by atoms with Gasteiger partial charge in [-0.05, 0) is 80.8 Å². The molecule has 6 rings (SSSR count). The Kier molecular flexibility index (Phi) is 17.7. The van der Waals surface area contributed by atoms with E-state index in [1.807, 2.05) is 0 Å². The monoisotopic (exact) mass is 964 g/mol. The average molecular weight is 965 g/mol. The first-order valence-electron chi connectivity index (χ1n) is 21.9. The summed E-state index contributed by atoms with van der Waals surface area (Å²) in [6.45, 7) is 10.2. The molecule has 0 spiro atoms. The molecule has 0 bridgehead atoms. The second-order valence-corrected chi connectivity index (χ2v) is 19.3. The molecule has 1 aromatic heterocycles. The number of aliphatic hydroxyl groups is 2. The van der Waals surface area contributed by atoms with Crippen molar-refractivity contribution >= 4 is 63.6 Å². The van der Waals surface area contributed by atoms with Crippen LogP contribution in [0.4, 0.5) is 21.9 Å². The Labute approximate surface area is 397 Å². The molecule has 19 nitrogen and oxygen atoms in total. The van der Waals surface area contributed by atoms with Gasteiger partial charge in [-0.25, -0.2) is 9.78 Å². The molecule has 360 valence electrons. The molecular formula is C45H57BN6O13S2. The summed E-state index contributed by atoms with van der Waals surface area (Å²) in [5, 5.41) is 47.4. The Hall–Kier alpha value is -5.68. The van der Waals surface area contributed by atoms with E-state index in [9.17, 15) is 39.7 Å². The highest BCUT2D eigenvalue weighted by Gasteiger charge is 2.40. The van der Waals surface area contributed by atoms with E-state index in [2.05, 4.69) is 28.7 Å². The van der Waals surface area contributed by atoms with Crippen molar-refractivity contribution in [3.8, 4) is 23.0 Å². The predicted molar refractivity (Wildman–Crippen MR) is 256 cm³/mol. The number of hydrogen-bond donors (Lipinski definition) is 5. The van der Waals surface area contributed by atoms with Crippen molar-refractivity contribution in [2.75, 3.05) is 70.9 Å². The summed E-state index contributed by atoms with van der Waals surface area (Å²) < 4.78 is 28.9. The standard InChI is InChI=1S/C45H57BN6O13S2/c1-28-16-31(25-53)50(23-28)42(55)33-18-37(61-4)39(20-35(33)48-44(57)65-27-45(12-9-13-45)67-66-41-11-10-30(22-47-41)52(59)60)63-14-7-6-8-15-64-40-21-36(49-46(3)58)34(19-38(40)62-5)43(56)51-24-29(2)17-32(51)26-54/h10-11,18-22,31-32,49,53-54,58H,1-2,6-9,12-17,23-27H2,3-5H3,(H,48,57)/t31-,32-/m0/s1. The number of nitrogens with zero attached hydrogens (tertiary/aromatic N) is 4. The van der Waals surface area contributed by atoms with Crippen LogP contribution < -0.4 is 29.5 Å². The number of carbonyl (C=O) groups is 3. The van der Waals surface area contributed by atoms with Gasteiger partial charge >= 0.3 is 13.1 Å². The van der Waals surface area contributed by atoms with Crippen LogP contribution >= 0.6 is 21.6 Å². The smallest absolute Gasteiger partial charge is 0.411 e. The Morgan fingerprint density at radius 3 is 1.90 bits per heavy atom. The second-order valence-electron chi connectivity index (χ2n) is 16.6. The van der Waals surface area contributed by atoms with Crippen molar-refractivity contribution in [1.29, 1.82) is 0 Å². The van der Waals surface area contributed by atoms with Crippen LogP contribution in [0.15, 0.2) is 71.9 Å². The molecule has 0 radical (unpaired) electrons. The zero-order chi connectivity index (χ0) is 48.3. The van der Waals surface area contributed by atoms with Crippen molar-refractivity contribution in [2.24, 2.45) is 0 Å². The van der Waals surface area contributed by atoms with Gasteiger partial charge in [0.15, 0.2) is 23.0 Å². The number of benzene rings is 2. The SMILES string of the molecule is C=C1C[C@@H](CO)N(C(=O)c2cc(OC)c(OCCCCCOc3cc(NC(=O)OCC4(SSc5ccc([N+](=O)[O-])cn5)CCC4)c(C(=O)N4CC(=C)C[C@H]4CO)cc3OC)cc2NB(C)O)C1. The number of methoxy groups -OCH3 is 2. The van der Waals surface area contributed by atoms with Crippen LogP contribution in [0.1, 0.15) is 72.1 Å². The Bertz CT molecular complexity index is 2300. The molecule has 3 amide bonds. The molecule has 67 heavy (non-hydrogen) atoms. The Morgan fingerprint density at radius 2 is 1.43 bits per heavy atom. The summed E-state index contributed by atoms with van der Waals surface area (Å²) in [5.41, 5.74) is 2.34. The molecule has 5 N–H and O–H groups in total. The van der Waals surface area contributed by atoms with Gasteiger partial charge in [-0.1, -0.05) is 41.5 Å². The highest BCUT2D eigenvalue weighted by Crippen LogP contribution is 2.52. The fourth-order valence-corrected chi connectivity index (χ4v) is 10.7. The van der Waals surface area contributed by atoms with Crippen molar-refractivity contribution in [2.45, 2.75) is 80.0 Å². The molecule has 2 atom stereocenters.